The molecular weight excluding hydrogens is 331 g/mol. The van der Waals surface area contributed by atoms with Crippen molar-refractivity contribution in [2.45, 2.75) is 44.7 Å². The molecule has 0 aliphatic rings. The van der Waals surface area contributed by atoms with E-state index in [1.165, 1.54) is 10.4 Å². The lowest BCUT2D eigenvalue weighted by atomic mass is 10.2. The third-order valence-electron chi connectivity index (χ3n) is 3.11. The molecule has 7 heteroatoms. The van der Waals surface area contributed by atoms with Gasteiger partial charge < -0.3 is 5.32 Å². The average Bonchev–Trinajstić information content (AvgIpc) is 2.39. The molecule has 0 saturated heterocycles. The Hall–Kier alpha value is -0.330. The molecule has 0 unspecified atom stereocenters. The van der Waals surface area contributed by atoms with E-state index < -0.39 is 10.0 Å². The predicted molar refractivity (Wildman–Crippen MR) is 88.5 cm³/mol. The van der Waals surface area contributed by atoms with Crippen molar-refractivity contribution in [2.24, 2.45) is 0 Å². The second-order valence-electron chi connectivity index (χ2n) is 5.08. The highest BCUT2D eigenvalue weighted by molar-refractivity contribution is 7.89. The van der Waals surface area contributed by atoms with Gasteiger partial charge in [-0.25, -0.2) is 8.42 Å². The normalized spacial score (nSPS) is 12.4. The maximum atomic E-state index is 12.8. The first-order chi connectivity index (χ1) is 9.77. The highest BCUT2D eigenvalue weighted by Gasteiger charge is 2.29. The summed E-state index contributed by atoms with van der Waals surface area (Å²) in [4.78, 5) is 0.112. The highest BCUT2D eigenvalue weighted by atomic mass is 35.5. The molecule has 1 aromatic carbocycles. The van der Waals surface area contributed by atoms with Crippen molar-refractivity contribution in [2.75, 3.05) is 13.6 Å². The Morgan fingerprint density at radius 2 is 1.90 bits per heavy atom. The van der Waals surface area contributed by atoms with Crippen LogP contribution in [-0.2, 0) is 16.6 Å². The largest absolute Gasteiger partial charge is 0.316 e. The summed E-state index contributed by atoms with van der Waals surface area (Å²) >= 11 is 12.4. The van der Waals surface area contributed by atoms with Crippen LogP contribution in [0.1, 0.15) is 32.8 Å². The lowest BCUT2D eigenvalue weighted by molar-refractivity contribution is 0.354. The molecule has 0 saturated carbocycles. The molecule has 120 valence electrons. The Kier molecular flexibility index (Phi) is 6.94. The van der Waals surface area contributed by atoms with Crippen LogP contribution in [-0.4, -0.2) is 32.4 Å². The first-order valence-corrected chi connectivity index (χ1v) is 9.10. The zero-order valence-corrected chi connectivity index (χ0v) is 15.1. The van der Waals surface area contributed by atoms with Gasteiger partial charge in [0.2, 0.25) is 10.0 Å². The summed E-state index contributed by atoms with van der Waals surface area (Å²) in [5, 5.41) is 3.60. The molecule has 0 atom stereocenters. The van der Waals surface area contributed by atoms with E-state index in [-0.39, 0.29) is 16.0 Å². The molecule has 21 heavy (non-hydrogen) atoms. The third kappa shape index (κ3) is 4.11. The van der Waals surface area contributed by atoms with Crippen LogP contribution in [0.3, 0.4) is 0 Å². The fraction of sp³-hybridized carbons (Fsp3) is 0.571. The summed E-state index contributed by atoms with van der Waals surface area (Å²) in [6.07, 6.45) is 0.742. The van der Waals surface area contributed by atoms with Gasteiger partial charge in [0.15, 0.2) is 0 Å². The number of nitrogens with zero attached hydrogens (tertiary/aromatic N) is 1. The monoisotopic (exact) mass is 352 g/mol. The van der Waals surface area contributed by atoms with E-state index in [9.17, 15) is 8.42 Å². The first kappa shape index (κ1) is 18.7. The Morgan fingerprint density at radius 1 is 1.29 bits per heavy atom. The van der Waals surface area contributed by atoms with Crippen LogP contribution in [0.15, 0.2) is 17.0 Å². The zero-order valence-electron chi connectivity index (χ0n) is 12.8. The topological polar surface area (TPSA) is 49.4 Å². The molecular formula is C14H22Cl2N2O2S. The molecule has 1 aromatic rings. The summed E-state index contributed by atoms with van der Waals surface area (Å²) in [5.41, 5.74) is 0.599. The Labute approximate surface area is 137 Å². The van der Waals surface area contributed by atoms with Gasteiger partial charge in [0.25, 0.3) is 0 Å². The van der Waals surface area contributed by atoms with Crippen molar-refractivity contribution in [1.29, 1.82) is 0 Å². The minimum absolute atomic E-state index is 0.112. The van der Waals surface area contributed by atoms with Crippen molar-refractivity contribution in [3.8, 4) is 0 Å². The van der Waals surface area contributed by atoms with Gasteiger partial charge in [0.05, 0.1) is 5.02 Å². The van der Waals surface area contributed by atoms with Gasteiger partial charge in [-0.15, -0.1) is 0 Å². The first-order valence-electron chi connectivity index (χ1n) is 6.90. The van der Waals surface area contributed by atoms with Gasteiger partial charge in [-0.2, -0.15) is 4.31 Å². The second-order valence-corrected chi connectivity index (χ2v) is 7.72. The number of hydrogen-bond acceptors (Lipinski definition) is 3. The number of rotatable bonds is 7. The summed E-state index contributed by atoms with van der Waals surface area (Å²) < 4.78 is 27.1. The van der Waals surface area contributed by atoms with Crippen molar-refractivity contribution < 1.29 is 8.42 Å². The summed E-state index contributed by atoms with van der Waals surface area (Å²) in [6.45, 7) is 6.52. The van der Waals surface area contributed by atoms with Crippen LogP contribution < -0.4 is 5.32 Å². The summed E-state index contributed by atoms with van der Waals surface area (Å²) in [6, 6.07) is 2.93. The molecule has 0 aliphatic heterocycles. The van der Waals surface area contributed by atoms with Gasteiger partial charge >= 0.3 is 0 Å². The minimum Gasteiger partial charge on any atom is -0.316 e. The third-order valence-corrected chi connectivity index (χ3v) is 6.13. The van der Waals surface area contributed by atoms with Crippen LogP contribution in [0.25, 0.3) is 0 Å². The second kappa shape index (κ2) is 7.79. The lowest BCUT2D eigenvalue weighted by Gasteiger charge is -2.26. The maximum Gasteiger partial charge on any atom is 0.244 e. The molecule has 0 amide bonds. The van der Waals surface area contributed by atoms with Crippen LogP contribution in [0.4, 0.5) is 0 Å². The fourth-order valence-corrected chi connectivity index (χ4v) is 4.73. The molecule has 1 rings (SSSR count). The number of benzene rings is 1. The van der Waals surface area contributed by atoms with Gasteiger partial charge in [0, 0.05) is 29.7 Å². The molecule has 1 N–H and O–H groups in total. The molecule has 0 spiro atoms. The van der Waals surface area contributed by atoms with E-state index in [2.05, 4.69) is 5.32 Å². The predicted octanol–water partition coefficient (Wildman–Crippen LogP) is 3.52. The van der Waals surface area contributed by atoms with Crippen LogP contribution in [0.5, 0.6) is 0 Å². The van der Waals surface area contributed by atoms with Crippen molar-refractivity contribution in [1.82, 2.24) is 9.62 Å². The zero-order chi connectivity index (χ0) is 16.2. The van der Waals surface area contributed by atoms with Gasteiger partial charge in [-0.3, -0.25) is 0 Å². The summed E-state index contributed by atoms with van der Waals surface area (Å²) in [7, 11) is -1.88. The van der Waals surface area contributed by atoms with Crippen LogP contribution in [0, 0.1) is 0 Å². The molecule has 0 fully saturated rings. The van der Waals surface area contributed by atoms with Gasteiger partial charge in [-0.05, 0) is 39.4 Å². The Bertz CT molecular complexity index is 589. The number of sulfonamides is 1. The number of hydrogen-bond donors (Lipinski definition) is 1. The molecule has 0 bridgehead atoms. The molecule has 0 heterocycles. The SMILES string of the molecule is CCCN(C(C)C)S(=O)(=O)c1ccc(Cl)c(CNC)c1Cl. The molecule has 4 nitrogen and oxygen atoms in total. The lowest BCUT2D eigenvalue weighted by Crippen LogP contribution is -2.37. The molecule has 0 radical (unpaired) electrons. The van der Waals surface area contributed by atoms with E-state index in [0.29, 0.717) is 23.7 Å². The van der Waals surface area contributed by atoms with Gasteiger partial charge in [-0.1, -0.05) is 30.1 Å². The summed E-state index contributed by atoms with van der Waals surface area (Å²) in [5.74, 6) is 0. The quantitative estimate of drug-likeness (QED) is 0.816. The Balaban J connectivity index is 3.41. The van der Waals surface area contributed by atoms with Crippen molar-refractivity contribution in [3.05, 3.63) is 27.7 Å². The van der Waals surface area contributed by atoms with E-state index >= 15 is 0 Å². The standard InChI is InChI=1S/C14H22Cl2N2O2S/c1-5-8-18(10(2)3)21(19,20)13-7-6-12(15)11(9-17-4)14(13)16/h6-7,10,17H,5,8-9H2,1-4H3. The van der Waals surface area contributed by atoms with Gasteiger partial charge in [0.1, 0.15) is 4.90 Å². The van der Waals surface area contributed by atoms with Crippen molar-refractivity contribution >= 4 is 33.2 Å². The fourth-order valence-electron chi connectivity index (χ4n) is 2.12. The maximum absolute atomic E-state index is 12.8. The highest BCUT2D eigenvalue weighted by Crippen LogP contribution is 2.33. The number of nitrogens with one attached hydrogen (secondary N) is 1. The smallest absolute Gasteiger partial charge is 0.244 e. The van der Waals surface area contributed by atoms with Crippen LogP contribution in [0.2, 0.25) is 10.0 Å². The molecule has 0 aromatic heterocycles. The number of halogens is 2. The molecule has 0 aliphatic carbocycles. The van der Waals surface area contributed by atoms with E-state index in [0.717, 1.165) is 6.42 Å². The van der Waals surface area contributed by atoms with Crippen molar-refractivity contribution in [3.63, 3.8) is 0 Å². The van der Waals surface area contributed by atoms with Crippen LogP contribution >= 0.6 is 23.2 Å². The Morgan fingerprint density at radius 3 is 2.38 bits per heavy atom. The van der Waals surface area contributed by atoms with E-state index in [1.807, 2.05) is 20.8 Å². The van der Waals surface area contributed by atoms with E-state index in [4.69, 9.17) is 23.2 Å². The minimum atomic E-state index is -3.64. The average molecular weight is 353 g/mol. The van der Waals surface area contributed by atoms with E-state index in [1.54, 1.807) is 13.1 Å².